The molecular formula is C17H35N3O. The number of carbonyl (C=O) groups is 1. The van der Waals surface area contributed by atoms with Crippen molar-refractivity contribution >= 4 is 5.91 Å². The Morgan fingerprint density at radius 3 is 2.52 bits per heavy atom. The number of rotatable bonds is 9. The van der Waals surface area contributed by atoms with Gasteiger partial charge in [0, 0.05) is 12.1 Å². The van der Waals surface area contributed by atoms with Crippen molar-refractivity contribution in [2.75, 3.05) is 20.1 Å². The van der Waals surface area contributed by atoms with Crippen LogP contribution in [0.3, 0.4) is 0 Å². The molecule has 0 spiro atoms. The van der Waals surface area contributed by atoms with Gasteiger partial charge in [-0.15, -0.1) is 0 Å². The van der Waals surface area contributed by atoms with Gasteiger partial charge in [0.2, 0.25) is 5.91 Å². The fourth-order valence-corrected chi connectivity index (χ4v) is 2.91. The van der Waals surface area contributed by atoms with E-state index >= 15 is 0 Å². The number of nitrogens with one attached hydrogen (secondary N) is 2. The second-order valence-corrected chi connectivity index (χ2v) is 6.62. The minimum atomic E-state index is -0.0982. The third-order valence-corrected chi connectivity index (χ3v) is 4.73. The molecule has 0 radical (unpaired) electrons. The van der Waals surface area contributed by atoms with Crippen LogP contribution in [0.5, 0.6) is 0 Å². The van der Waals surface area contributed by atoms with Gasteiger partial charge >= 0.3 is 0 Å². The van der Waals surface area contributed by atoms with Gasteiger partial charge in [0.05, 0.1) is 6.04 Å². The van der Waals surface area contributed by atoms with E-state index in [2.05, 4.69) is 29.5 Å². The molecule has 0 aromatic carbocycles. The Morgan fingerprint density at radius 1 is 1.24 bits per heavy atom. The molecule has 1 fully saturated rings. The van der Waals surface area contributed by atoms with Crippen molar-refractivity contribution < 1.29 is 4.79 Å². The Bertz CT molecular complexity index is 290. The lowest BCUT2D eigenvalue weighted by Gasteiger charge is -2.31. The van der Waals surface area contributed by atoms with Crippen molar-refractivity contribution in [2.24, 2.45) is 0 Å². The average Bonchev–Trinajstić information content (AvgIpc) is 2.51. The molecule has 0 aliphatic heterocycles. The van der Waals surface area contributed by atoms with E-state index in [9.17, 15) is 4.79 Å². The Hall–Kier alpha value is -0.610. The van der Waals surface area contributed by atoms with Crippen molar-refractivity contribution in [3.8, 4) is 0 Å². The van der Waals surface area contributed by atoms with Crippen molar-refractivity contribution in [3.05, 3.63) is 0 Å². The van der Waals surface area contributed by atoms with E-state index in [-0.39, 0.29) is 18.0 Å². The number of hydrogen-bond donors (Lipinski definition) is 2. The second kappa shape index (κ2) is 10.2. The summed E-state index contributed by atoms with van der Waals surface area (Å²) < 4.78 is 0. The topological polar surface area (TPSA) is 44.4 Å². The molecule has 0 heterocycles. The first-order valence-corrected chi connectivity index (χ1v) is 8.78. The van der Waals surface area contributed by atoms with Gasteiger partial charge in [-0.05, 0) is 59.7 Å². The van der Waals surface area contributed by atoms with Crippen molar-refractivity contribution in [1.29, 1.82) is 0 Å². The zero-order valence-electron chi connectivity index (χ0n) is 14.5. The summed E-state index contributed by atoms with van der Waals surface area (Å²) >= 11 is 0. The SMILES string of the molecule is CCC(C)NC(=O)C(C)NCCCN(C)C1CCCCC1. The third kappa shape index (κ3) is 7.28. The first-order chi connectivity index (χ1) is 10.0. The lowest BCUT2D eigenvalue weighted by Crippen LogP contribution is -2.46. The Kier molecular flexibility index (Phi) is 8.93. The van der Waals surface area contributed by atoms with Crippen molar-refractivity contribution in [1.82, 2.24) is 15.5 Å². The molecule has 21 heavy (non-hydrogen) atoms. The van der Waals surface area contributed by atoms with E-state index in [1.165, 1.54) is 32.1 Å². The quantitative estimate of drug-likeness (QED) is 0.643. The lowest BCUT2D eigenvalue weighted by molar-refractivity contribution is -0.123. The maximum absolute atomic E-state index is 11.9. The molecule has 0 aromatic heterocycles. The van der Waals surface area contributed by atoms with E-state index in [4.69, 9.17) is 0 Å². The normalized spacial score (nSPS) is 19.5. The summed E-state index contributed by atoms with van der Waals surface area (Å²) in [5.41, 5.74) is 0. The van der Waals surface area contributed by atoms with Gasteiger partial charge in [-0.25, -0.2) is 0 Å². The highest BCUT2D eigenvalue weighted by atomic mass is 16.2. The molecule has 0 saturated heterocycles. The van der Waals surface area contributed by atoms with Crippen LogP contribution >= 0.6 is 0 Å². The second-order valence-electron chi connectivity index (χ2n) is 6.62. The Balaban J connectivity index is 2.10. The zero-order valence-corrected chi connectivity index (χ0v) is 14.5. The monoisotopic (exact) mass is 297 g/mol. The molecule has 1 saturated carbocycles. The highest BCUT2D eigenvalue weighted by molar-refractivity contribution is 5.81. The summed E-state index contributed by atoms with van der Waals surface area (Å²) in [6.45, 7) is 8.11. The maximum atomic E-state index is 11.9. The number of carbonyl (C=O) groups excluding carboxylic acids is 1. The summed E-state index contributed by atoms with van der Waals surface area (Å²) in [7, 11) is 2.25. The molecule has 0 bridgehead atoms. The van der Waals surface area contributed by atoms with Gasteiger partial charge in [0.25, 0.3) is 0 Å². The molecular weight excluding hydrogens is 262 g/mol. The summed E-state index contributed by atoms with van der Waals surface area (Å²) in [6.07, 6.45) is 8.99. The van der Waals surface area contributed by atoms with Crippen LogP contribution in [0, 0.1) is 0 Å². The number of amides is 1. The molecule has 2 N–H and O–H groups in total. The fraction of sp³-hybridized carbons (Fsp3) is 0.941. The van der Waals surface area contributed by atoms with Crippen LogP contribution in [0.4, 0.5) is 0 Å². The van der Waals surface area contributed by atoms with Crippen molar-refractivity contribution in [2.45, 2.75) is 83.8 Å². The van der Waals surface area contributed by atoms with Crippen LogP contribution in [-0.2, 0) is 4.79 Å². The largest absolute Gasteiger partial charge is 0.352 e. The summed E-state index contributed by atoms with van der Waals surface area (Å²) in [5.74, 6) is 0.116. The zero-order chi connectivity index (χ0) is 15.7. The van der Waals surface area contributed by atoms with E-state index in [0.717, 1.165) is 32.0 Å². The smallest absolute Gasteiger partial charge is 0.237 e. The molecule has 1 rings (SSSR count). The van der Waals surface area contributed by atoms with Crippen LogP contribution in [-0.4, -0.2) is 49.1 Å². The molecule has 1 aliphatic rings. The van der Waals surface area contributed by atoms with Crippen LogP contribution in [0.2, 0.25) is 0 Å². The summed E-state index contributed by atoms with van der Waals surface area (Å²) in [6, 6.07) is 0.947. The van der Waals surface area contributed by atoms with E-state index in [1.807, 2.05) is 13.8 Å². The van der Waals surface area contributed by atoms with Crippen LogP contribution in [0.15, 0.2) is 0 Å². The van der Waals surface area contributed by atoms with Gasteiger partial charge in [-0.1, -0.05) is 26.2 Å². The molecule has 4 heteroatoms. The predicted octanol–water partition coefficient (Wildman–Crippen LogP) is 2.53. The summed E-state index contributed by atoms with van der Waals surface area (Å²) in [4.78, 5) is 14.4. The van der Waals surface area contributed by atoms with Gasteiger partial charge in [0.15, 0.2) is 0 Å². The van der Waals surface area contributed by atoms with Crippen molar-refractivity contribution in [3.63, 3.8) is 0 Å². The minimum absolute atomic E-state index is 0.0982. The molecule has 2 atom stereocenters. The molecule has 2 unspecified atom stereocenters. The third-order valence-electron chi connectivity index (χ3n) is 4.73. The molecule has 124 valence electrons. The molecule has 1 amide bonds. The van der Waals surface area contributed by atoms with Crippen LogP contribution in [0.1, 0.15) is 65.7 Å². The van der Waals surface area contributed by atoms with Gasteiger partial charge < -0.3 is 15.5 Å². The van der Waals surface area contributed by atoms with Crippen LogP contribution in [0.25, 0.3) is 0 Å². The highest BCUT2D eigenvalue weighted by Gasteiger charge is 2.18. The number of hydrogen-bond acceptors (Lipinski definition) is 3. The first-order valence-electron chi connectivity index (χ1n) is 8.78. The standard InChI is InChI=1S/C17H35N3O/c1-5-14(2)19-17(21)15(3)18-12-9-13-20(4)16-10-7-6-8-11-16/h14-16,18H,5-13H2,1-4H3,(H,19,21). The van der Waals surface area contributed by atoms with Crippen LogP contribution < -0.4 is 10.6 Å². The van der Waals surface area contributed by atoms with Gasteiger partial charge in [-0.3, -0.25) is 4.79 Å². The number of nitrogens with zero attached hydrogens (tertiary/aromatic N) is 1. The maximum Gasteiger partial charge on any atom is 0.237 e. The molecule has 4 nitrogen and oxygen atoms in total. The predicted molar refractivity (Wildman–Crippen MR) is 89.5 cm³/mol. The molecule has 1 aliphatic carbocycles. The van der Waals surface area contributed by atoms with Gasteiger partial charge in [0.1, 0.15) is 0 Å². The average molecular weight is 297 g/mol. The first kappa shape index (κ1) is 18.4. The lowest BCUT2D eigenvalue weighted by atomic mass is 9.94. The highest BCUT2D eigenvalue weighted by Crippen LogP contribution is 2.21. The minimum Gasteiger partial charge on any atom is -0.352 e. The van der Waals surface area contributed by atoms with E-state index in [1.54, 1.807) is 0 Å². The van der Waals surface area contributed by atoms with E-state index < -0.39 is 0 Å². The molecule has 0 aromatic rings. The summed E-state index contributed by atoms with van der Waals surface area (Å²) in [5, 5.41) is 6.35. The Labute approximate surface area is 131 Å². The van der Waals surface area contributed by atoms with Gasteiger partial charge in [-0.2, -0.15) is 0 Å². The fourth-order valence-electron chi connectivity index (χ4n) is 2.91. The van der Waals surface area contributed by atoms with E-state index in [0.29, 0.717) is 0 Å². The Morgan fingerprint density at radius 2 is 1.90 bits per heavy atom.